The Kier molecular flexibility index (Phi) is 4.29. The molecule has 0 bridgehead atoms. The van der Waals surface area contributed by atoms with E-state index in [1.165, 1.54) is 12.4 Å². The Morgan fingerprint density at radius 2 is 2.12 bits per heavy atom. The molecule has 1 aromatic heterocycles. The first-order valence-electron chi connectivity index (χ1n) is 4.43. The number of nitrogens with two attached hydrogens (primary N) is 1. The van der Waals surface area contributed by atoms with Gasteiger partial charge in [-0.15, -0.1) is 0 Å². The summed E-state index contributed by atoms with van der Waals surface area (Å²) in [5.41, 5.74) is 5.35. The van der Waals surface area contributed by atoms with Crippen molar-refractivity contribution in [2.75, 3.05) is 30.8 Å². The molecule has 0 saturated heterocycles. The van der Waals surface area contributed by atoms with Crippen molar-refractivity contribution < 1.29 is 17.9 Å². The Balaban J connectivity index is 2.17. The number of nitrogens with zero attached hydrogens (tertiary/aromatic N) is 2. The van der Waals surface area contributed by atoms with Crippen LogP contribution in [0.3, 0.4) is 0 Å². The van der Waals surface area contributed by atoms with E-state index in [2.05, 4.69) is 20.0 Å². The Bertz CT molecular complexity index is 331. The first-order chi connectivity index (χ1) is 7.47. The zero-order valence-electron chi connectivity index (χ0n) is 8.29. The second-order valence-corrected chi connectivity index (χ2v) is 2.92. The maximum Gasteiger partial charge on any atom is 0.411 e. The van der Waals surface area contributed by atoms with Crippen molar-refractivity contribution in [3.63, 3.8) is 0 Å². The highest BCUT2D eigenvalue weighted by Gasteiger charge is 2.27. The summed E-state index contributed by atoms with van der Waals surface area (Å²) in [5, 5.41) is 2.73. The number of ether oxygens (including phenoxy) is 1. The molecule has 0 amide bonds. The molecule has 0 saturated carbocycles. The molecule has 8 heteroatoms. The van der Waals surface area contributed by atoms with Gasteiger partial charge in [-0.3, -0.25) is 4.98 Å². The average Bonchev–Trinajstić information content (AvgIpc) is 2.15. The van der Waals surface area contributed by atoms with Gasteiger partial charge in [-0.1, -0.05) is 0 Å². The van der Waals surface area contributed by atoms with E-state index >= 15 is 0 Å². The molecule has 0 fully saturated rings. The van der Waals surface area contributed by atoms with Crippen molar-refractivity contribution >= 4 is 11.6 Å². The second kappa shape index (κ2) is 5.50. The van der Waals surface area contributed by atoms with Gasteiger partial charge in [0.25, 0.3) is 0 Å². The van der Waals surface area contributed by atoms with Crippen molar-refractivity contribution in [3.8, 4) is 0 Å². The zero-order chi connectivity index (χ0) is 12.0. The lowest BCUT2D eigenvalue weighted by atomic mass is 10.6. The number of aromatic nitrogens is 2. The summed E-state index contributed by atoms with van der Waals surface area (Å²) in [7, 11) is 0. The van der Waals surface area contributed by atoms with Gasteiger partial charge in [0.2, 0.25) is 0 Å². The molecule has 0 unspecified atom stereocenters. The predicted molar refractivity (Wildman–Crippen MR) is 51.8 cm³/mol. The second-order valence-electron chi connectivity index (χ2n) is 2.92. The SMILES string of the molecule is Nc1cncc(NCCOCC(F)(F)F)n1. The first kappa shape index (κ1) is 12.5. The lowest BCUT2D eigenvalue weighted by molar-refractivity contribution is -0.172. The maximum absolute atomic E-state index is 11.7. The standard InChI is InChI=1S/C8H11F3N4O/c9-8(10,11)5-16-2-1-14-7-4-13-3-6(12)15-7/h3-4H,1-2,5H2,(H3,12,14,15). The highest BCUT2D eigenvalue weighted by molar-refractivity contribution is 5.38. The van der Waals surface area contributed by atoms with Crippen LogP contribution in [0.4, 0.5) is 24.8 Å². The Hall–Kier alpha value is -1.57. The van der Waals surface area contributed by atoms with Gasteiger partial charge < -0.3 is 15.8 Å². The van der Waals surface area contributed by atoms with Crippen molar-refractivity contribution in [3.05, 3.63) is 12.4 Å². The molecule has 5 nitrogen and oxygen atoms in total. The minimum atomic E-state index is -4.29. The molecule has 1 heterocycles. The normalized spacial score (nSPS) is 11.4. The predicted octanol–water partition coefficient (Wildman–Crippen LogP) is 1.05. The van der Waals surface area contributed by atoms with Crippen molar-refractivity contribution in [2.24, 2.45) is 0 Å². The van der Waals surface area contributed by atoms with Crippen LogP contribution in [0.25, 0.3) is 0 Å². The van der Waals surface area contributed by atoms with Crippen molar-refractivity contribution in [1.82, 2.24) is 9.97 Å². The molecule has 16 heavy (non-hydrogen) atoms. The minimum absolute atomic E-state index is 0.0734. The largest absolute Gasteiger partial charge is 0.411 e. The van der Waals surface area contributed by atoms with Gasteiger partial charge in [-0.25, -0.2) is 4.98 Å². The summed E-state index contributed by atoms with van der Waals surface area (Å²) in [5.74, 6) is 0.636. The number of rotatable bonds is 5. The monoisotopic (exact) mass is 236 g/mol. The summed E-state index contributed by atoms with van der Waals surface area (Å²) in [6.45, 7) is -1.12. The average molecular weight is 236 g/mol. The Labute approximate surface area is 89.8 Å². The van der Waals surface area contributed by atoms with E-state index in [0.29, 0.717) is 5.82 Å². The quantitative estimate of drug-likeness (QED) is 0.747. The number of nitrogens with one attached hydrogen (secondary N) is 1. The van der Waals surface area contributed by atoms with Crippen molar-refractivity contribution in [2.45, 2.75) is 6.18 Å². The number of hydrogen-bond acceptors (Lipinski definition) is 5. The topological polar surface area (TPSA) is 73.1 Å². The smallest absolute Gasteiger partial charge is 0.382 e. The van der Waals surface area contributed by atoms with E-state index in [4.69, 9.17) is 5.73 Å². The fourth-order valence-electron chi connectivity index (χ4n) is 0.905. The lowest BCUT2D eigenvalue weighted by Crippen LogP contribution is -2.20. The third-order valence-electron chi connectivity index (χ3n) is 1.47. The van der Waals surface area contributed by atoms with E-state index < -0.39 is 12.8 Å². The van der Waals surface area contributed by atoms with Gasteiger partial charge in [0.05, 0.1) is 19.0 Å². The van der Waals surface area contributed by atoms with Gasteiger partial charge in [0.1, 0.15) is 18.2 Å². The summed E-state index contributed by atoms with van der Waals surface area (Å²) in [6.07, 6.45) is -1.51. The number of halogens is 3. The molecule has 1 rings (SSSR count). The zero-order valence-corrected chi connectivity index (χ0v) is 8.29. The highest BCUT2D eigenvalue weighted by atomic mass is 19.4. The Morgan fingerprint density at radius 1 is 1.38 bits per heavy atom. The molecule has 90 valence electrons. The van der Waals surface area contributed by atoms with E-state index in [1.54, 1.807) is 0 Å². The van der Waals surface area contributed by atoms with E-state index in [-0.39, 0.29) is 19.0 Å². The molecular weight excluding hydrogens is 225 g/mol. The fourth-order valence-corrected chi connectivity index (χ4v) is 0.905. The molecular formula is C8H11F3N4O. The van der Waals surface area contributed by atoms with Crippen LogP contribution in [-0.4, -0.2) is 35.9 Å². The third kappa shape index (κ3) is 5.35. The molecule has 0 aliphatic heterocycles. The van der Waals surface area contributed by atoms with E-state index in [1.807, 2.05) is 0 Å². The highest BCUT2D eigenvalue weighted by Crippen LogP contribution is 2.14. The van der Waals surface area contributed by atoms with Crippen LogP contribution >= 0.6 is 0 Å². The first-order valence-corrected chi connectivity index (χ1v) is 4.43. The molecule has 3 N–H and O–H groups in total. The molecule has 0 aromatic carbocycles. The molecule has 0 radical (unpaired) electrons. The molecule has 0 atom stereocenters. The van der Waals surface area contributed by atoms with Crippen LogP contribution < -0.4 is 11.1 Å². The van der Waals surface area contributed by atoms with Crippen LogP contribution in [0.5, 0.6) is 0 Å². The van der Waals surface area contributed by atoms with Gasteiger partial charge in [0, 0.05) is 6.54 Å². The summed E-state index contributed by atoms with van der Waals surface area (Å²) >= 11 is 0. The minimum Gasteiger partial charge on any atom is -0.382 e. The molecule has 0 aliphatic carbocycles. The maximum atomic E-state index is 11.7. The van der Waals surface area contributed by atoms with E-state index in [0.717, 1.165) is 0 Å². The summed E-state index contributed by atoms with van der Waals surface area (Å²) in [4.78, 5) is 7.60. The van der Waals surface area contributed by atoms with Gasteiger partial charge in [-0.05, 0) is 0 Å². The van der Waals surface area contributed by atoms with Crippen LogP contribution in [0.2, 0.25) is 0 Å². The number of alkyl halides is 3. The van der Waals surface area contributed by atoms with Crippen LogP contribution in [0, 0.1) is 0 Å². The van der Waals surface area contributed by atoms with E-state index in [9.17, 15) is 13.2 Å². The molecule has 0 aliphatic rings. The van der Waals surface area contributed by atoms with Gasteiger partial charge in [-0.2, -0.15) is 13.2 Å². The van der Waals surface area contributed by atoms with Crippen molar-refractivity contribution in [1.29, 1.82) is 0 Å². The lowest BCUT2D eigenvalue weighted by Gasteiger charge is -2.08. The van der Waals surface area contributed by atoms with Crippen LogP contribution in [0.15, 0.2) is 12.4 Å². The number of nitrogen functional groups attached to an aromatic ring is 1. The summed E-state index contributed by atoms with van der Waals surface area (Å²) < 4.78 is 39.4. The number of anilines is 2. The van der Waals surface area contributed by atoms with Crippen LogP contribution in [0.1, 0.15) is 0 Å². The molecule has 1 aromatic rings. The Morgan fingerprint density at radius 3 is 2.75 bits per heavy atom. The molecule has 0 spiro atoms. The third-order valence-corrected chi connectivity index (χ3v) is 1.47. The number of hydrogen-bond donors (Lipinski definition) is 2. The van der Waals surface area contributed by atoms with Gasteiger partial charge >= 0.3 is 6.18 Å². The van der Waals surface area contributed by atoms with Crippen LogP contribution in [-0.2, 0) is 4.74 Å². The summed E-state index contributed by atoms with van der Waals surface area (Å²) in [6, 6.07) is 0. The van der Waals surface area contributed by atoms with Gasteiger partial charge in [0.15, 0.2) is 0 Å². The fraction of sp³-hybridized carbons (Fsp3) is 0.500.